The number of ether oxygens (including phenoxy) is 1. The minimum atomic E-state index is -4.43. The Morgan fingerprint density at radius 3 is 2.34 bits per heavy atom. The van der Waals surface area contributed by atoms with E-state index >= 15 is 0 Å². The number of carbonyl (C=O) groups is 1. The first-order chi connectivity index (χ1) is 15.0. The molecular formula is C22H23F5N2O3. The van der Waals surface area contributed by atoms with Crippen molar-refractivity contribution >= 4 is 11.8 Å². The van der Waals surface area contributed by atoms with Crippen molar-refractivity contribution in [1.29, 1.82) is 0 Å². The number of aromatic carboxylic acids is 1. The minimum Gasteiger partial charge on any atom is -0.478 e. The number of carboxylic acids is 1. The van der Waals surface area contributed by atoms with Crippen LogP contribution >= 0.6 is 0 Å². The molecule has 1 aromatic heterocycles. The van der Waals surface area contributed by atoms with Crippen molar-refractivity contribution < 1.29 is 36.6 Å². The second-order valence-electron chi connectivity index (χ2n) is 7.71. The molecule has 2 atom stereocenters. The van der Waals surface area contributed by atoms with Gasteiger partial charge in [-0.15, -0.1) is 0 Å². The van der Waals surface area contributed by atoms with E-state index in [2.05, 4.69) is 4.98 Å². The Bertz CT molecular complexity index is 917. The Morgan fingerprint density at radius 2 is 1.81 bits per heavy atom. The third kappa shape index (κ3) is 5.73. The van der Waals surface area contributed by atoms with Gasteiger partial charge >= 0.3 is 18.3 Å². The highest BCUT2D eigenvalue weighted by molar-refractivity contribution is 5.87. The molecule has 2 aromatic rings. The van der Waals surface area contributed by atoms with Crippen LogP contribution in [0.1, 0.15) is 53.6 Å². The molecule has 1 unspecified atom stereocenters. The monoisotopic (exact) mass is 458 g/mol. The van der Waals surface area contributed by atoms with Gasteiger partial charge in [0, 0.05) is 25.1 Å². The third-order valence-electron chi connectivity index (χ3n) is 5.60. The fraction of sp³-hybridized carbons (Fsp3) is 0.455. The van der Waals surface area contributed by atoms with E-state index in [1.54, 1.807) is 4.90 Å². The first-order valence-corrected chi connectivity index (χ1v) is 10.1. The summed E-state index contributed by atoms with van der Waals surface area (Å²) in [6, 6.07) is 7.31. The standard InChI is InChI=1S/C22H23F5N2O3/c1-2-21(23,24)32-13-18-9-5-16(14-3-7-17(8-4-14)22(25,26)27)12-29(18)19-10-6-15(11-28-19)20(30)31/h3-4,6-8,10-11,16,18H,2,5,9,12-13H2,1H3,(H,30,31)/t16?,18-/m0/s1. The highest BCUT2D eigenvalue weighted by atomic mass is 19.4. The average molecular weight is 458 g/mol. The maximum atomic E-state index is 13.6. The SMILES string of the molecule is CCC(F)(F)OC[C@@H]1CCC(c2ccc(C(F)(F)F)cc2)CN1c1ccc(C(=O)O)cn1. The number of pyridine rings is 1. The zero-order valence-corrected chi connectivity index (χ0v) is 17.3. The molecule has 174 valence electrons. The van der Waals surface area contributed by atoms with E-state index < -0.39 is 36.3 Å². The number of carboxylic acid groups (broad SMARTS) is 1. The van der Waals surface area contributed by atoms with E-state index in [0.717, 1.165) is 12.1 Å². The van der Waals surface area contributed by atoms with Crippen LogP contribution in [0.15, 0.2) is 42.6 Å². The zero-order valence-electron chi connectivity index (χ0n) is 17.3. The number of rotatable bonds is 7. The third-order valence-corrected chi connectivity index (χ3v) is 5.60. The summed E-state index contributed by atoms with van der Waals surface area (Å²) in [7, 11) is 0. The Kier molecular flexibility index (Phi) is 7.02. The van der Waals surface area contributed by atoms with Crippen LogP contribution in [-0.2, 0) is 10.9 Å². The summed E-state index contributed by atoms with van der Waals surface area (Å²) in [5.74, 6) is -0.908. The number of benzene rings is 1. The molecule has 1 aliphatic rings. The van der Waals surface area contributed by atoms with Gasteiger partial charge in [-0.2, -0.15) is 22.0 Å². The van der Waals surface area contributed by atoms with E-state index in [-0.39, 0.29) is 18.1 Å². The Hall–Kier alpha value is -2.75. The van der Waals surface area contributed by atoms with Gasteiger partial charge in [0.15, 0.2) is 0 Å². The van der Waals surface area contributed by atoms with Gasteiger partial charge in [-0.25, -0.2) is 9.78 Å². The van der Waals surface area contributed by atoms with Crippen molar-refractivity contribution in [2.75, 3.05) is 18.1 Å². The van der Waals surface area contributed by atoms with E-state index in [0.29, 0.717) is 30.8 Å². The van der Waals surface area contributed by atoms with Crippen molar-refractivity contribution in [2.45, 2.75) is 50.4 Å². The molecule has 0 bridgehead atoms. The molecule has 1 N–H and O–H groups in total. The molecule has 0 amide bonds. The van der Waals surface area contributed by atoms with E-state index in [1.807, 2.05) is 0 Å². The van der Waals surface area contributed by atoms with Crippen LogP contribution in [0.25, 0.3) is 0 Å². The molecule has 3 rings (SSSR count). The highest BCUT2D eigenvalue weighted by Crippen LogP contribution is 2.36. The Balaban J connectivity index is 1.83. The van der Waals surface area contributed by atoms with Crippen LogP contribution in [0.2, 0.25) is 0 Å². The van der Waals surface area contributed by atoms with Gasteiger partial charge in [-0.1, -0.05) is 19.1 Å². The molecule has 1 saturated heterocycles. The van der Waals surface area contributed by atoms with Crippen molar-refractivity contribution in [3.05, 3.63) is 59.3 Å². The number of halogens is 5. The smallest absolute Gasteiger partial charge is 0.416 e. The summed E-state index contributed by atoms with van der Waals surface area (Å²) < 4.78 is 70.7. The number of nitrogens with zero attached hydrogens (tertiary/aromatic N) is 2. The summed E-state index contributed by atoms with van der Waals surface area (Å²) in [5, 5.41) is 9.07. The van der Waals surface area contributed by atoms with Gasteiger partial charge in [-0.3, -0.25) is 0 Å². The lowest BCUT2D eigenvalue weighted by atomic mass is 9.87. The van der Waals surface area contributed by atoms with Crippen molar-refractivity contribution in [2.24, 2.45) is 0 Å². The Labute approximate surface area is 181 Å². The van der Waals surface area contributed by atoms with E-state index in [4.69, 9.17) is 9.84 Å². The predicted molar refractivity (Wildman–Crippen MR) is 107 cm³/mol. The first kappa shape index (κ1) is 23.9. The van der Waals surface area contributed by atoms with Crippen molar-refractivity contribution in [3.63, 3.8) is 0 Å². The summed E-state index contributed by atoms with van der Waals surface area (Å²) in [6.07, 6.45) is -5.97. The number of anilines is 1. The van der Waals surface area contributed by atoms with Crippen LogP contribution < -0.4 is 4.90 Å². The molecule has 10 heteroatoms. The van der Waals surface area contributed by atoms with Crippen LogP contribution in [0.5, 0.6) is 0 Å². The fourth-order valence-electron chi connectivity index (χ4n) is 3.70. The molecule has 0 saturated carbocycles. The maximum Gasteiger partial charge on any atom is 0.416 e. The van der Waals surface area contributed by atoms with Gasteiger partial charge in [0.1, 0.15) is 5.82 Å². The minimum absolute atomic E-state index is 0.0182. The maximum absolute atomic E-state index is 13.6. The summed E-state index contributed by atoms with van der Waals surface area (Å²) >= 11 is 0. The van der Waals surface area contributed by atoms with E-state index in [1.165, 1.54) is 37.4 Å². The number of alkyl halides is 5. The largest absolute Gasteiger partial charge is 0.478 e. The number of hydrogen-bond donors (Lipinski definition) is 1. The quantitative estimate of drug-likeness (QED) is 0.550. The highest BCUT2D eigenvalue weighted by Gasteiger charge is 2.35. The normalized spacial score (nSPS) is 19.8. The van der Waals surface area contributed by atoms with Gasteiger partial charge in [0.05, 0.1) is 23.8 Å². The molecular weight excluding hydrogens is 435 g/mol. The van der Waals surface area contributed by atoms with Gasteiger partial charge in [-0.05, 0) is 42.7 Å². The number of aromatic nitrogens is 1. The fourth-order valence-corrected chi connectivity index (χ4v) is 3.70. The average Bonchev–Trinajstić information content (AvgIpc) is 2.77. The second kappa shape index (κ2) is 9.40. The van der Waals surface area contributed by atoms with Crippen LogP contribution in [0, 0.1) is 0 Å². The molecule has 2 heterocycles. The lowest BCUT2D eigenvalue weighted by molar-refractivity contribution is -0.241. The predicted octanol–water partition coefficient (Wildman–Crippen LogP) is 5.57. The van der Waals surface area contributed by atoms with Crippen LogP contribution in [0.4, 0.5) is 27.8 Å². The molecule has 32 heavy (non-hydrogen) atoms. The number of hydrogen-bond acceptors (Lipinski definition) is 4. The topological polar surface area (TPSA) is 62.7 Å². The Morgan fingerprint density at radius 1 is 1.12 bits per heavy atom. The molecule has 0 spiro atoms. The van der Waals surface area contributed by atoms with Crippen LogP contribution in [0.3, 0.4) is 0 Å². The molecule has 1 aliphatic heterocycles. The molecule has 1 aromatic carbocycles. The number of piperidine rings is 1. The van der Waals surface area contributed by atoms with Gasteiger partial charge in [0.2, 0.25) is 0 Å². The van der Waals surface area contributed by atoms with Crippen LogP contribution in [-0.4, -0.2) is 41.4 Å². The molecule has 0 aliphatic carbocycles. The van der Waals surface area contributed by atoms with Gasteiger partial charge in [0.25, 0.3) is 0 Å². The summed E-state index contributed by atoms with van der Waals surface area (Å²) in [5.41, 5.74) is -0.0632. The summed E-state index contributed by atoms with van der Waals surface area (Å²) in [4.78, 5) is 17.0. The second-order valence-corrected chi connectivity index (χ2v) is 7.71. The summed E-state index contributed by atoms with van der Waals surface area (Å²) in [6.45, 7) is 1.37. The lowest BCUT2D eigenvalue weighted by Gasteiger charge is -2.41. The zero-order chi connectivity index (χ0) is 23.5. The molecule has 0 radical (unpaired) electrons. The van der Waals surface area contributed by atoms with E-state index in [9.17, 15) is 26.7 Å². The molecule has 1 fully saturated rings. The van der Waals surface area contributed by atoms with Crippen molar-refractivity contribution in [3.8, 4) is 0 Å². The lowest BCUT2D eigenvalue weighted by Crippen LogP contribution is -2.46. The molecule has 5 nitrogen and oxygen atoms in total. The van der Waals surface area contributed by atoms with Gasteiger partial charge < -0.3 is 14.7 Å². The van der Waals surface area contributed by atoms with Crippen molar-refractivity contribution in [1.82, 2.24) is 4.98 Å². The first-order valence-electron chi connectivity index (χ1n) is 10.1.